The molecule has 1 heterocycles. The second-order valence-electron chi connectivity index (χ2n) is 3.46. The van der Waals surface area contributed by atoms with Crippen LogP contribution in [0, 0.1) is 0 Å². The first-order valence-electron chi connectivity index (χ1n) is 4.91. The first-order chi connectivity index (χ1) is 7.29. The summed E-state index contributed by atoms with van der Waals surface area (Å²) in [6.07, 6.45) is 1.94. The highest BCUT2D eigenvalue weighted by molar-refractivity contribution is 8.00. The number of amides is 1. The van der Waals surface area contributed by atoms with Crippen molar-refractivity contribution in [2.24, 2.45) is 0 Å². The van der Waals surface area contributed by atoms with Crippen LogP contribution in [0.15, 0.2) is 23.1 Å². The van der Waals surface area contributed by atoms with Crippen LogP contribution in [-0.2, 0) is 11.2 Å². The van der Waals surface area contributed by atoms with Crippen molar-refractivity contribution >= 4 is 35.0 Å². The lowest BCUT2D eigenvalue weighted by Crippen LogP contribution is -2.18. The molecule has 0 saturated heterocycles. The van der Waals surface area contributed by atoms with Crippen LogP contribution in [0.4, 0.5) is 5.69 Å². The summed E-state index contributed by atoms with van der Waals surface area (Å²) in [5.41, 5.74) is 2.18. The predicted octanol–water partition coefficient (Wildman–Crippen LogP) is 2.90. The summed E-state index contributed by atoms with van der Waals surface area (Å²) in [7, 11) is 0. The molecule has 0 bridgehead atoms. The fourth-order valence-corrected chi connectivity index (χ4v) is 2.48. The van der Waals surface area contributed by atoms with E-state index in [4.69, 9.17) is 11.6 Å². The number of rotatable bonds is 3. The molecule has 2 nitrogen and oxygen atoms in total. The fraction of sp³-hybridized carbons (Fsp3) is 0.364. The Bertz CT molecular complexity index is 381. The average molecular weight is 242 g/mol. The summed E-state index contributed by atoms with van der Waals surface area (Å²) in [6.45, 7) is 0. The minimum Gasteiger partial charge on any atom is -0.324 e. The van der Waals surface area contributed by atoms with Crippen molar-refractivity contribution in [2.45, 2.75) is 17.7 Å². The maximum absolute atomic E-state index is 11.2. The molecule has 0 aromatic heterocycles. The van der Waals surface area contributed by atoms with Crippen molar-refractivity contribution in [3.05, 3.63) is 23.8 Å². The number of hydrogen-bond donors (Lipinski definition) is 1. The van der Waals surface area contributed by atoms with Crippen molar-refractivity contribution in [1.29, 1.82) is 0 Å². The number of halogens is 1. The Balaban J connectivity index is 2.17. The average Bonchev–Trinajstić information content (AvgIpc) is 2.25. The molecule has 4 heteroatoms. The van der Waals surface area contributed by atoms with E-state index in [9.17, 15) is 4.79 Å². The summed E-state index contributed by atoms with van der Waals surface area (Å²) in [5, 5.41) is 2.88. The lowest BCUT2D eigenvalue weighted by molar-refractivity contribution is -0.113. The van der Waals surface area contributed by atoms with E-state index in [1.165, 1.54) is 5.56 Å². The Morgan fingerprint density at radius 1 is 1.47 bits per heavy atom. The predicted molar refractivity (Wildman–Crippen MR) is 64.8 cm³/mol. The quantitative estimate of drug-likeness (QED) is 0.825. The highest BCUT2D eigenvalue weighted by Crippen LogP contribution is 2.32. The topological polar surface area (TPSA) is 29.1 Å². The van der Waals surface area contributed by atoms with Crippen LogP contribution in [-0.4, -0.2) is 17.5 Å². The largest absolute Gasteiger partial charge is 0.324 e. The van der Waals surface area contributed by atoms with Gasteiger partial charge in [-0.1, -0.05) is 6.07 Å². The number of aryl methyl sites for hydroxylation is 1. The van der Waals surface area contributed by atoms with Crippen LogP contribution >= 0.6 is 23.4 Å². The van der Waals surface area contributed by atoms with Gasteiger partial charge in [-0.15, -0.1) is 23.4 Å². The SMILES string of the molecule is O=C1CSc2ccc(CCCCl)cc2N1. The molecule has 0 atom stereocenters. The minimum absolute atomic E-state index is 0.0852. The van der Waals surface area contributed by atoms with Gasteiger partial charge >= 0.3 is 0 Å². The third-order valence-corrected chi connectivity index (χ3v) is 3.62. The Morgan fingerprint density at radius 2 is 2.33 bits per heavy atom. The maximum atomic E-state index is 11.2. The van der Waals surface area contributed by atoms with Gasteiger partial charge in [0.25, 0.3) is 0 Å². The molecule has 80 valence electrons. The Hall–Kier alpha value is -0.670. The molecule has 2 rings (SSSR count). The molecule has 1 aliphatic rings. The number of hydrogen-bond acceptors (Lipinski definition) is 2. The number of alkyl halides is 1. The highest BCUT2D eigenvalue weighted by atomic mass is 35.5. The van der Waals surface area contributed by atoms with Crippen molar-refractivity contribution in [2.75, 3.05) is 16.9 Å². The van der Waals surface area contributed by atoms with Gasteiger partial charge in [-0.05, 0) is 30.5 Å². The first-order valence-corrected chi connectivity index (χ1v) is 6.43. The zero-order chi connectivity index (χ0) is 10.7. The van der Waals surface area contributed by atoms with E-state index < -0.39 is 0 Å². The van der Waals surface area contributed by atoms with Crippen LogP contribution in [0.25, 0.3) is 0 Å². The van der Waals surface area contributed by atoms with Crippen molar-refractivity contribution < 1.29 is 4.79 Å². The molecule has 1 N–H and O–H groups in total. The molecule has 1 aromatic carbocycles. The van der Waals surface area contributed by atoms with E-state index in [2.05, 4.69) is 17.4 Å². The zero-order valence-electron chi connectivity index (χ0n) is 8.25. The molecule has 1 aromatic rings. The molecule has 0 fully saturated rings. The van der Waals surface area contributed by atoms with Crippen molar-refractivity contribution in [3.8, 4) is 0 Å². The second-order valence-corrected chi connectivity index (χ2v) is 4.86. The van der Waals surface area contributed by atoms with Crippen LogP contribution < -0.4 is 5.32 Å². The third kappa shape index (κ3) is 2.67. The molecule has 0 aliphatic carbocycles. The van der Waals surface area contributed by atoms with E-state index in [1.54, 1.807) is 11.8 Å². The van der Waals surface area contributed by atoms with Gasteiger partial charge < -0.3 is 5.32 Å². The Labute approximate surface area is 98.4 Å². The van der Waals surface area contributed by atoms with Gasteiger partial charge in [0.05, 0.1) is 11.4 Å². The van der Waals surface area contributed by atoms with E-state index in [1.807, 2.05) is 6.07 Å². The molecule has 0 unspecified atom stereocenters. The highest BCUT2D eigenvalue weighted by Gasteiger charge is 2.14. The number of nitrogens with one attached hydrogen (secondary N) is 1. The number of benzene rings is 1. The monoisotopic (exact) mass is 241 g/mol. The third-order valence-electron chi connectivity index (χ3n) is 2.28. The van der Waals surface area contributed by atoms with Gasteiger partial charge in [0.1, 0.15) is 0 Å². The van der Waals surface area contributed by atoms with Crippen molar-refractivity contribution in [1.82, 2.24) is 0 Å². The van der Waals surface area contributed by atoms with Crippen molar-refractivity contribution in [3.63, 3.8) is 0 Å². The molecular formula is C11H12ClNOS. The second kappa shape index (κ2) is 4.90. The molecule has 15 heavy (non-hydrogen) atoms. The van der Waals surface area contributed by atoms with Gasteiger partial charge in [0, 0.05) is 10.8 Å². The number of fused-ring (bicyclic) bond motifs is 1. The molecule has 1 aliphatic heterocycles. The summed E-state index contributed by atoms with van der Waals surface area (Å²) in [4.78, 5) is 12.4. The lowest BCUT2D eigenvalue weighted by Gasteiger charge is -2.16. The maximum Gasteiger partial charge on any atom is 0.234 e. The molecule has 0 spiro atoms. The van der Waals surface area contributed by atoms with Gasteiger partial charge in [0.15, 0.2) is 0 Å². The molecule has 0 saturated carbocycles. The summed E-state index contributed by atoms with van der Waals surface area (Å²) in [6, 6.07) is 6.23. The van der Waals surface area contributed by atoms with E-state index >= 15 is 0 Å². The number of carbonyl (C=O) groups excluding carboxylic acids is 1. The number of carbonyl (C=O) groups is 1. The van der Waals surface area contributed by atoms with Gasteiger partial charge in [-0.3, -0.25) is 4.79 Å². The summed E-state index contributed by atoms with van der Waals surface area (Å²) in [5.74, 6) is 1.29. The zero-order valence-corrected chi connectivity index (χ0v) is 9.83. The van der Waals surface area contributed by atoms with Crippen LogP contribution in [0.3, 0.4) is 0 Å². The van der Waals surface area contributed by atoms with E-state index in [0.717, 1.165) is 23.4 Å². The fourth-order valence-electron chi connectivity index (χ4n) is 1.56. The van der Waals surface area contributed by atoms with Crippen LogP contribution in [0.5, 0.6) is 0 Å². The van der Waals surface area contributed by atoms with Crippen LogP contribution in [0.1, 0.15) is 12.0 Å². The molecule has 1 amide bonds. The normalized spacial score (nSPS) is 14.6. The number of anilines is 1. The summed E-state index contributed by atoms with van der Waals surface area (Å²) >= 11 is 7.24. The molecular weight excluding hydrogens is 230 g/mol. The van der Waals surface area contributed by atoms with Crippen LogP contribution in [0.2, 0.25) is 0 Å². The molecule has 0 radical (unpaired) electrons. The van der Waals surface area contributed by atoms with E-state index in [0.29, 0.717) is 11.6 Å². The Kier molecular flexibility index (Phi) is 3.54. The van der Waals surface area contributed by atoms with E-state index in [-0.39, 0.29) is 5.91 Å². The first kappa shape index (κ1) is 10.8. The smallest absolute Gasteiger partial charge is 0.234 e. The minimum atomic E-state index is 0.0852. The lowest BCUT2D eigenvalue weighted by atomic mass is 10.1. The van der Waals surface area contributed by atoms with Gasteiger partial charge in [-0.2, -0.15) is 0 Å². The Morgan fingerprint density at radius 3 is 3.13 bits per heavy atom. The summed E-state index contributed by atoms with van der Waals surface area (Å²) < 4.78 is 0. The number of thioether (sulfide) groups is 1. The van der Waals surface area contributed by atoms with Gasteiger partial charge in [0.2, 0.25) is 5.91 Å². The van der Waals surface area contributed by atoms with Gasteiger partial charge in [-0.25, -0.2) is 0 Å². The standard InChI is InChI=1S/C11H12ClNOS/c12-5-1-2-8-3-4-10-9(6-8)13-11(14)7-15-10/h3-4,6H,1-2,5,7H2,(H,13,14).